The molecule has 1 atom stereocenters. The fraction of sp³-hybridized carbons (Fsp3) is 0.250. The standard InChI is InChI=1S/C28H27FN4O4/c1-35-24-14-17-8-9-18(16-33(23(17)15-25(24)36-2)20-12-10-19(29)11-13-20)27(34)32-26-28(37-3)31-22-7-5-4-6-21(22)30-26/h4-7,10-15,18H,8-9,16H2,1-3H3,(H,30,32,34). The minimum atomic E-state index is -0.410. The van der Waals surface area contributed by atoms with Crippen molar-refractivity contribution in [2.45, 2.75) is 12.8 Å². The summed E-state index contributed by atoms with van der Waals surface area (Å²) >= 11 is 0. The second-order valence-corrected chi connectivity index (χ2v) is 8.72. The largest absolute Gasteiger partial charge is 0.493 e. The highest BCUT2D eigenvalue weighted by molar-refractivity contribution is 5.94. The number of hydrogen-bond acceptors (Lipinski definition) is 7. The van der Waals surface area contributed by atoms with E-state index >= 15 is 0 Å². The number of ether oxygens (including phenoxy) is 3. The van der Waals surface area contributed by atoms with Crippen LogP contribution in [0.4, 0.5) is 21.6 Å². The summed E-state index contributed by atoms with van der Waals surface area (Å²) < 4.78 is 30.2. The molecule has 1 aliphatic heterocycles. The SMILES string of the molecule is COc1cc2c(cc1OC)N(c1ccc(F)cc1)CC(C(=O)Nc1nc3ccccc3nc1OC)CC2. The van der Waals surface area contributed by atoms with E-state index in [0.717, 1.165) is 16.9 Å². The number of methoxy groups -OCH3 is 3. The molecule has 0 fully saturated rings. The molecule has 0 spiro atoms. The van der Waals surface area contributed by atoms with Crippen molar-refractivity contribution in [3.63, 3.8) is 0 Å². The van der Waals surface area contributed by atoms with Gasteiger partial charge in [0.05, 0.1) is 38.3 Å². The van der Waals surface area contributed by atoms with E-state index in [0.29, 0.717) is 41.9 Å². The zero-order chi connectivity index (χ0) is 25.9. The number of nitrogens with one attached hydrogen (secondary N) is 1. The van der Waals surface area contributed by atoms with Crippen molar-refractivity contribution in [1.82, 2.24) is 9.97 Å². The van der Waals surface area contributed by atoms with E-state index in [9.17, 15) is 9.18 Å². The number of amides is 1. The van der Waals surface area contributed by atoms with Gasteiger partial charge in [-0.2, -0.15) is 0 Å². The maximum absolute atomic E-state index is 13.7. The Morgan fingerprint density at radius 3 is 2.30 bits per heavy atom. The molecule has 1 N–H and O–H groups in total. The molecule has 0 radical (unpaired) electrons. The van der Waals surface area contributed by atoms with Gasteiger partial charge in [0.15, 0.2) is 17.3 Å². The van der Waals surface area contributed by atoms with Crippen molar-refractivity contribution in [2.24, 2.45) is 5.92 Å². The summed E-state index contributed by atoms with van der Waals surface area (Å²) in [6.45, 7) is 0.364. The zero-order valence-corrected chi connectivity index (χ0v) is 20.8. The van der Waals surface area contributed by atoms with Gasteiger partial charge in [0.2, 0.25) is 5.91 Å². The first-order chi connectivity index (χ1) is 18.0. The predicted octanol–water partition coefficient (Wildman–Crippen LogP) is 5.13. The Balaban J connectivity index is 1.50. The van der Waals surface area contributed by atoms with E-state index in [1.807, 2.05) is 41.3 Å². The van der Waals surface area contributed by atoms with Crippen LogP contribution in [0.15, 0.2) is 60.7 Å². The van der Waals surface area contributed by atoms with Crippen LogP contribution in [-0.4, -0.2) is 43.7 Å². The molecule has 37 heavy (non-hydrogen) atoms. The summed E-state index contributed by atoms with van der Waals surface area (Å²) in [6.07, 6.45) is 1.21. The Hall–Kier alpha value is -4.40. The van der Waals surface area contributed by atoms with Crippen LogP contribution in [0.2, 0.25) is 0 Å². The molecule has 1 aromatic heterocycles. The average molecular weight is 503 g/mol. The number of rotatable bonds is 6. The summed E-state index contributed by atoms with van der Waals surface area (Å²) in [7, 11) is 4.66. The van der Waals surface area contributed by atoms with Crippen molar-refractivity contribution in [3.05, 3.63) is 72.0 Å². The molecular weight excluding hydrogens is 475 g/mol. The van der Waals surface area contributed by atoms with Crippen molar-refractivity contribution < 1.29 is 23.4 Å². The molecule has 0 bridgehead atoms. The highest BCUT2D eigenvalue weighted by Crippen LogP contribution is 2.41. The first-order valence-electron chi connectivity index (χ1n) is 11.9. The fourth-order valence-electron chi connectivity index (χ4n) is 4.61. The number of anilines is 3. The van der Waals surface area contributed by atoms with E-state index in [-0.39, 0.29) is 23.4 Å². The summed E-state index contributed by atoms with van der Waals surface area (Å²) in [4.78, 5) is 24.6. The summed E-state index contributed by atoms with van der Waals surface area (Å²) in [5, 5.41) is 2.93. The number of fused-ring (bicyclic) bond motifs is 2. The monoisotopic (exact) mass is 502 g/mol. The normalized spacial score (nSPS) is 15.0. The number of benzene rings is 3. The number of carbonyl (C=O) groups excluding carboxylic acids is 1. The summed E-state index contributed by atoms with van der Waals surface area (Å²) in [5.74, 6) is 0.752. The van der Waals surface area contributed by atoms with Gasteiger partial charge in [0.1, 0.15) is 5.82 Å². The maximum Gasteiger partial charge on any atom is 0.258 e. The van der Waals surface area contributed by atoms with Crippen molar-refractivity contribution in [3.8, 4) is 17.4 Å². The van der Waals surface area contributed by atoms with Gasteiger partial charge in [0.25, 0.3) is 5.88 Å². The third-order valence-electron chi connectivity index (χ3n) is 6.52. The number of halogens is 1. The number of aromatic nitrogens is 2. The van der Waals surface area contributed by atoms with Crippen LogP contribution >= 0.6 is 0 Å². The Morgan fingerprint density at radius 1 is 0.946 bits per heavy atom. The van der Waals surface area contributed by atoms with Gasteiger partial charge < -0.3 is 24.4 Å². The highest BCUT2D eigenvalue weighted by atomic mass is 19.1. The molecule has 2 heterocycles. The molecule has 4 aromatic rings. The highest BCUT2D eigenvalue weighted by Gasteiger charge is 2.30. The first-order valence-corrected chi connectivity index (χ1v) is 11.9. The van der Waals surface area contributed by atoms with Crippen LogP contribution < -0.4 is 24.4 Å². The van der Waals surface area contributed by atoms with E-state index in [1.165, 1.54) is 19.2 Å². The molecule has 0 saturated heterocycles. The minimum Gasteiger partial charge on any atom is -0.493 e. The van der Waals surface area contributed by atoms with Crippen molar-refractivity contribution in [1.29, 1.82) is 0 Å². The molecule has 1 unspecified atom stereocenters. The molecule has 190 valence electrons. The lowest BCUT2D eigenvalue weighted by Gasteiger charge is -2.28. The fourth-order valence-corrected chi connectivity index (χ4v) is 4.61. The van der Waals surface area contributed by atoms with Gasteiger partial charge in [-0.15, -0.1) is 0 Å². The Kier molecular flexibility index (Phi) is 6.76. The van der Waals surface area contributed by atoms with Gasteiger partial charge in [-0.1, -0.05) is 12.1 Å². The third-order valence-corrected chi connectivity index (χ3v) is 6.52. The lowest BCUT2D eigenvalue weighted by atomic mass is 10.00. The Morgan fingerprint density at radius 2 is 1.62 bits per heavy atom. The predicted molar refractivity (Wildman–Crippen MR) is 139 cm³/mol. The molecular formula is C28H27FN4O4. The van der Waals surface area contributed by atoms with Crippen LogP contribution in [0.3, 0.4) is 0 Å². The van der Waals surface area contributed by atoms with Crippen LogP contribution in [-0.2, 0) is 11.2 Å². The Bertz CT molecular complexity index is 1440. The van der Waals surface area contributed by atoms with Crippen molar-refractivity contribution >= 4 is 34.1 Å². The quantitative estimate of drug-likeness (QED) is 0.391. The van der Waals surface area contributed by atoms with Gasteiger partial charge in [-0.25, -0.2) is 14.4 Å². The lowest BCUT2D eigenvalue weighted by molar-refractivity contribution is -0.119. The van der Waals surface area contributed by atoms with Gasteiger partial charge in [-0.05, 0) is 60.9 Å². The molecule has 0 aliphatic carbocycles. The van der Waals surface area contributed by atoms with Crippen molar-refractivity contribution in [2.75, 3.05) is 38.1 Å². The Labute approximate surface area is 214 Å². The zero-order valence-electron chi connectivity index (χ0n) is 20.8. The molecule has 3 aromatic carbocycles. The van der Waals surface area contributed by atoms with E-state index in [4.69, 9.17) is 14.2 Å². The molecule has 9 heteroatoms. The van der Waals surface area contributed by atoms with Gasteiger partial charge in [0, 0.05) is 24.0 Å². The van der Waals surface area contributed by atoms with E-state index < -0.39 is 5.92 Å². The molecule has 1 aliphatic rings. The smallest absolute Gasteiger partial charge is 0.258 e. The van der Waals surface area contributed by atoms with Crippen LogP contribution in [0.5, 0.6) is 17.4 Å². The van der Waals surface area contributed by atoms with E-state index in [1.54, 1.807) is 26.4 Å². The number of nitrogens with zero attached hydrogens (tertiary/aromatic N) is 3. The average Bonchev–Trinajstić information content (AvgIpc) is 3.11. The summed E-state index contributed by atoms with van der Waals surface area (Å²) in [5.41, 5.74) is 3.97. The maximum atomic E-state index is 13.7. The second kappa shape index (κ2) is 10.3. The van der Waals surface area contributed by atoms with Crippen LogP contribution in [0, 0.1) is 11.7 Å². The van der Waals surface area contributed by atoms with E-state index in [2.05, 4.69) is 15.3 Å². The topological polar surface area (TPSA) is 85.8 Å². The van der Waals surface area contributed by atoms with Crippen LogP contribution in [0.25, 0.3) is 11.0 Å². The number of para-hydroxylation sites is 2. The number of carbonyl (C=O) groups is 1. The number of hydrogen-bond donors (Lipinski definition) is 1. The van der Waals surface area contributed by atoms with Gasteiger partial charge >= 0.3 is 0 Å². The van der Waals surface area contributed by atoms with Crippen LogP contribution in [0.1, 0.15) is 12.0 Å². The molecule has 0 saturated carbocycles. The lowest BCUT2D eigenvalue weighted by Crippen LogP contribution is -2.33. The van der Waals surface area contributed by atoms with Gasteiger partial charge in [-0.3, -0.25) is 4.79 Å². The second-order valence-electron chi connectivity index (χ2n) is 8.72. The summed E-state index contributed by atoms with van der Waals surface area (Å²) in [6, 6.07) is 17.4. The molecule has 5 rings (SSSR count). The third kappa shape index (κ3) is 4.84. The molecule has 8 nitrogen and oxygen atoms in total. The first kappa shape index (κ1) is 24.3. The molecule has 1 amide bonds. The number of aryl methyl sites for hydroxylation is 1. The minimum absolute atomic E-state index is 0.207.